The summed E-state index contributed by atoms with van der Waals surface area (Å²) in [7, 11) is -10.0. The normalized spacial score (nSPS) is 17.0. The summed E-state index contributed by atoms with van der Waals surface area (Å²) in [4.78, 5) is 3.86. The van der Waals surface area contributed by atoms with Gasteiger partial charge in [0.2, 0.25) is 5.52 Å². The summed E-state index contributed by atoms with van der Waals surface area (Å²) in [5.74, 6) is -3.87. The van der Waals surface area contributed by atoms with Gasteiger partial charge in [-0.1, -0.05) is 122 Å². The highest BCUT2D eigenvalue weighted by Crippen LogP contribution is 2.43. The first-order chi connectivity index (χ1) is 24.9. The van der Waals surface area contributed by atoms with Gasteiger partial charge in [-0.15, -0.1) is 0 Å². The van der Waals surface area contributed by atoms with Crippen LogP contribution in [0.15, 0.2) is 63.3 Å². The molecule has 52 heavy (non-hydrogen) atoms. The van der Waals surface area contributed by atoms with E-state index in [0.717, 1.165) is 55.9 Å². The lowest BCUT2D eigenvalue weighted by Crippen LogP contribution is -2.38. The van der Waals surface area contributed by atoms with Crippen molar-refractivity contribution in [2.45, 2.75) is 115 Å². The van der Waals surface area contributed by atoms with Gasteiger partial charge >= 0.3 is 16.0 Å². The fourth-order valence-electron chi connectivity index (χ4n) is 6.21. The SMILES string of the molecule is CCCCC(CC)CN(CC(CC)CCCC)S(=O)(=O)N=S(=O)(OF)C(F)F.CCN1c2ccccc2SC1/C=C\c1sc2ccccc2[n+]1CC. The summed E-state index contributed by atoms with van der Waals surface area (Å²) in [5, 5.41) is 1.70. The van der Waals surface area contributed by atoms with E-state index in [1.807, 2.05) is 50.8 Å². The molecule has 2 aromatic carbocycles. The number of thiazole rings is 1. The Labute approximate surface area is 318 Å². The minimum Gasteiger partial charge on any atom is -0.355 e. The molecule has 1 aromatic heterocycles. The molecule has 4 rings (SSSR count). The number of fused-ring (bicyclic) bond motifs is 2. The van der Waals surface area contributed by atoms with Gasteiger partial charge in [0.1, 0.15) is 11.2 Å². The van der Waals surface area contributed by atoms with Crippen LogP contribution in [0, 0.1) is 11.8 Å². The van der Waals surface area contributed by atoms with Gasteiger partial charge < -0.3 is 4.90 Å². The van der Waals surface area contributed by atoms with E-state index in [9.17, 15) is 25.9 Å². The summed E-state index contributed by atoms with van der Waals surface area (Å²) in [6.45, 7) is 14.5. The maximum absolute atomic E-state index is 12.9. The largest absolute Gasteiger partial charge is 0.355 e. The van der Waals surface area contributed by atoms with E-state index in [2.05, 4.69) is 92.2 Å². The number of para-hydroxylation sites is 2. The van der Waals surface area contributed by atoms with Gasteiger partial charge in [-0.2, -0.15) is 26.1 Å². The van der Waals surface area contributed by atoms with E-state index in [1.165, 1.54) is 25.8 Å². The Morgan fingerprint density at radius 1 is 0.923 bits per heavy atom. The Kier molecular flexibility index (Phi) is 18.4. The smallest absolute Gasteiger partial charge is 0.346 e. The van der Waals surface area contributed by atoms with E-state index >= 15 is 0 Å². The summed E-state index contributed by atoms with van der Waals surface area (Å²) in [6.07, 6.45) is 11.3. The van der Waals surface area contributed by atoms with E-state index in [1.54, 1.807) is 0 Å². The Balaban J connectivity index is 0.000000282. The van der Waals surface area contributed by atoms with Crippen molar-refractivity contribution in [1.29, 1.82) is 0 Å². The standard InChI is InChI=1S/C20H21N2S2.C17H35F3N2O4S2/c1-3-21-15-9-5-7-11-17(15)23-19(21)13-14-20-22(4-2)16-10-6-8-12-18(16)24-20;1-5-9-11-15(7-3)13-22(14-16(8-4)12-10-6-2)28(24,25)21-27(23,26-20)17(18)19/h5-14,19H,3-4H2,1-2H3;15-17H,5-14H2,1-4H3/q+1;/b14-13-;. The molecule has 1 aliphatic rings. The molecule has 15 heteroatoms. The van der Waals surface area contributed by atoms with Crippen LogP contribution < -0.4 is 9.47 Å². The number of benzene rings is 2. The Morgan fingerprint density at radius 2 is 1.52 bits per heavy atom. The number of anilines is 1. The average molecular weight is 806 g/mol. The Bertz CT molecular complexity index is 1780. The zero-order chi connectivity index (χ0) is 38.3. The maximum atomic E-state index is 12.9. The van der Waals surface area contributed by atoms with E-state index < -0.39 is 26.0 Å². The van der Waals surface area contributed by atoms with Crippen LogP contribution in [0.4, 0.5) is 19.0 Å². The number of alkyl halides is 2. The lowest BCUT2D eigenvalue weighted by molar-refractivity contribution is -0.665. The zero-order valence-corrected chi connectivity index (χ0v) is 34.5. The maximum Gasteiger partial charge on any atom is 0.346 e. The topological polar surface area (TPSA) is 83.2 Å². The summed E-state index contributed by atoms with van der Waals surface area (Å²) < 4.78 is 85.4. The second-order valence-electron chi connectivity index (χ2n) is 12.8. The molecule has 8 nitrogen and oxygen atoms in total. The molecule has 0 fully saturated rings. The highest BCUT2D eigenvalue weighted by molar-refractivity contribution is 8.00. The van der Waals surface area contributed by atoms with Crippen molar-refractivity contribution in [2.24, 2.45) is 15.6 Å². The molecule has 0 saturated heterocycles. The van der Waals surface area contributed by atoms with Crippen molar-refractivity contribution in [3.05, 3.63) is 59.6 Å². The Hall–Kier alpha value is -2.17. The minimum atomic E-state index is -5.27. The number of likely N-dealkylation sites (N-methyl/N-ethyl adjacent to an activating group) is 1. The third-order valence-corrected chi connectivity index (χ3v) is 14.8. The number of hydrogen-bond donors (Lipinski definition) is 0. The first-order valence-corrected chi connectivity index (χ1v) is 23.0. The molecular formula is C37H56F3N4O4S4+. The summed E-state index contributed by atoms with van der Waals surface area (Å²) >= 11 is 3.82. The highest BCUT2D eigenvalue weighted by atomic mass is 32.3. The second kappa shape index (κ2) is 21.7. The minimum absolute atomic E-state index is 0.00232. The van der Waals surface area contributed by atoms with Gasteiger partial charge in [0.25, 0.3) is 15.0 Å². The van der Waals surface area contributed by atoms with Gasteiger partial charge in [-0.3, -0.25) is 0 Å². The molecular weight excluding hydrogens is 750 g/mol. The lowest BCUT2D eigenvalue weighted by Gasteiger charge is -2.28. The van der Waals surface area contributed by atoms with Gasteiger partial charge in [0, 0.05) is 36.7 Å². The van der Waals surface area contributed by atoms with Gasteiger partial charge in [-0.05, 0) is 67.3 Å². The molecule has 0 amide bonds. The van der Waals surface area contributed by atoms with Crippen molar-refractivity contribution in [3.8, 4) is 0 Å². The van der Waals surface area contributed by atoms with Gasteiger partial charge in [0.05, 0.1) is 11.1 Å². The third kappa shape index (κ3) is 11.9. The fourth-order valence-corrected chi connectivity index (χ4v) is 11.3. The molecule has 0 N–H and O–H groups in total. The molecule has 2 heterocycles. The van der Waals surface area contributed by atoms with Crippen molar-refractivity contribution in [3.63, 3.8) is 0 Å². The summed E-state index contributed by atoms with van der Waals surface area (Å²) in [6, 6.07) is 17.4. The van der Waals surface area contributed by atoms with Crippen LogP contribution >= 0.6 is 23.1 Å². The summed E-state index contributed by atoms with van der Waals surface area (Å²) in [5.41, 5.74) is 2.69. The van der Waals surface area contributed by atoms with E-state index in [0.29, 0.717) is 18.2 Å². The number of unbranched alkanes of at least 4 members (excludes halogenated alkanes) is 2. The van der Waals surface area contributed by atoms with Crippen LogP contribution in [0.25, 0.3) is 16.3 Å². The number of rotatable bonds is 20. The van der Waals surface area contributed by atoms with Gasteiger partial charge in [0.15, 0.2) is 0 Å². The van der Waals surface area contributed by atoms with Crippen LogP contribution in [0.1, 0.15) is 97.9 Å². The van der Waals surface area contributed by atoms with E-state index in [4.69, 9.17) is 0 Å². The number of thioether (sulfide) groups is 1. The molecule has 1 aliphatic heterocycles. The molecule has 4 atom stereocenters. The lowest BCUT2D eigenvalue weighted by atomic mass is 9.97. The number of aryl methyl sites for hydroxylation is 1. The second-order valence-corrected chi connectivity index (χ2v) is 18.6. The highest BCUT2D eigenvalue weighted by Gasteiger charge is 2.34. The number of aromatic nitrogens is 1. The van der Waals surface area contributed by atoms with Crippen molar-refractivity contribution in [1.82, 2.24) is 4.31 Å². The molecule has 0 saturated carbocycles. The molecule has 0 bridgehead atoms. The molecule has 0 aliphatic carbocycles. The molecule has 0 radical (unpaired) electrons. The number of nitrogens with zero attached hydrogens (tertiary/aromatic N) is 4. The van der Waals surface area contributed by atoms with Crippen molar-refractivity contribution in [2.75, 3.05) is 24.5 Å². The molecule has 292 valence electrons. The molecule has 0 spiro atoms. The van der Waals surface area contributed by atoms with E-state index in [-0.39, 0.29) is 24.9 Å². The third-order valence-electron chi connectivity index (χ3n) is 9.28. The zero-order valence-electron chi connectivity index (χ0n) is 31.3. The van der Waals surface area contributed by atoms with Crippen LogP contribution in [-0.4, -0.2) is 47.7 Å². The average Bonchev–Trinajstić information content (AvgIpc) is 3.70. The van der Waals surface area contributed by atoms with Crippen LogP contribution in [-0.2, 0) is 31.2 Å². The van der Waals surface area contributed by atoms with Crippen LogP contribution in [0.5, 0.6) is 0 Å². The predicted molar refractivity (Wildman–Crippen MR) is 212 cm³/mol. The van der Waals surface area contributed by atoms with Crippen LogP contribution in [0.3, 0.4) is 0 Å². The molecule has 4 unspecified atom stereocenters. The first kappa shape index (κ1) is 44.2. The first-order valence-electron chi connectivity index (χ1n) is 18.4. The number of hydrogen-bond acceptors (Lipinski definition) is 7. The van der Waals surface area contributed by atoms with Gasteiger partial charge in [-0.25, -0.2) is 4.21 Å². The predicted octanol–water partition coefficient (Wildman–Crippen LogP) is 10.7. The quantitative estimate of drug-likeness (QED) is 0.106. The Morgan fingerprint density at radius 3 is 2.06 bits per heavy atom. The fraction of sp³-hybridized carbons (Fsp3) is 0.595. The number of halogens is 3. The van der Waals surface area contributed by atoms with Crippen molar-refractivity contribution < 1.29 is 34.9 Å². The van der Waals surface area contributed by atoms with Crippen LogP contribution in [0.2, 0.25) is 0 Å². The van der Waals surface area contributed by atoms with Crippen molar-refractivity contribution >= 4 is 65.3 Å². The molecule has 3 aromatic rings. The monoisotopic (exact) mass is 805 g/mol.